The Morgan fingerprint density at radius 2 is 1.71 bits per heavy atom. The summed E-state index contributed by atoms with van der Waals surface area (Å²) in [6, 6.07) is 10.6. The summed E-state index contributed by atoms with van der Waals surface area (Å²) in [6.07, 6.45) is 8.93. The normalized spacial score (nSPS) is 14.0. The van der Waals surface area contributed by atoms with Crippen LogP contribution in [0, 0.1) is 0 Å². The predicted octanol–water partition coefficient (Wildman–Crippen LogP) is 4.45. The summed E-state index contributed by atoms with van der Waals surface area (Å²) in [5, 5.41) is 0. The fourth-order valence-electron chi connectivity index (χ4n) is 1.50. The smallest absolute Gasteiger partial charge is 0.0224 e. The van der Waals surface area contributed by atoms with Crippen molar-refractivity contribution < 1.29 is 0 Å². The molecule has 0 aliphatic heterocycles. The highest BCUT2D eigenvalue weighted by Crippen LogP contribution is 2.22. The average molecular weight is 186 g/mol. The zero-order valence-electron chi connectivity index (χ0n) is 9.03. The van der Waals surface area contributed by atoms with E-state index in [1.54, 1.807) is 0 Å². The van der Waals surface area contributed by atoms with Gasteiger partial charge in [-0.25, -0.2) is 0 Å². The molecule has 0 nitrogen and oxygen atoms in total. The van der Waals surface area contributed by atoms with Gasteiger partial charge >= 0.3 is 0 Å². The van der Waals surface area contributed by atoms with Crippen molar-refractivity contribution in [2.75, 3.05) is 0 Å². The molecule has 0 heterocycles. The molecule has 0 bridgehead atoms. The Kier molecular flexibility index (Phi) is 4.77. The average Bonchev–Trinajstić information content (AvgIpc) is 2.34. The standard InChI is InChI=1S/C12H12.C2H6/c1-3-7-11(8-4-1)12-9-5-2-6-10-12;1-2/h1-5,7-9H,6,10H2;1-2H3. The monoisotopic (exact) mass is 186 g/mol. The van der Waals surface area contributed by atoms with Crippen LogP contribution < -0.4 is 0 Å². The lowest BCUT2D eigenvalue weighted by atomic mass is 9.98. The summed E-state index contributed by atoms with van der Waals surface area (Å²) in [4.78, 5) is 0. The first kappa shape index (κ1) is 10.8. The van der Waals surface area contributed by atoms with Gasteiger partial charge in [0.15, 0.2) is 0 Å². The molecule has 0 atom stereocenters. The summed E-state index contributed by atoms with van der Waals surface area (Å²) in [6.45, 7) is 4.00. The fraction of sp³-hybridized carbons (Fsp3) is 0.286. The van der Waals surface area contributed by atoms with Crippen LogP contribution in [0.5, 0.6) is 0 Å². The first-order valence-electron chi connectivity index (χ1n) is 5.38. The maximum Gasteiger partial charge on any atom is -0.0224 e. The number of hydrogen-bond acceptors (Lipinski definition) is 0. The van der Waals surface area contributed by atoms with Gasteiger partial charge in [0.25, 0.3) is 0 Å². The van der Waals surface area contributed by atoms with Gasteiger partial charge in [0, 0.05) is 0 Å². The van der Waals surface area contributed by atoms with Crippen LogP contribution in [0.15, 0.2) is 48.6 Å². The highest BCUT2D eigenvalue weighted by Gasteiger charge is 2.00. The maximum atomic E-state index is 2.21. The van der Waals surface area contributed by atoms with Crippen LogP contribution in [-0.4, -0.2) is 0 Å². The van der Waals surface area contributed by atoms with Crippen molar-refractivity contribution in [1.82, 2.24) is 0 Å². The first-order valence-corrected chi connectivity index (χ1v) is 5.38. The van der Waals surface area contributed by atoms with Crippen molar-refractivity contribution in [2.45, 2.75) is 26.7 Å². The molecule has 1 aliphatic rings. The van der Waals surface area contributed by atoms with Gasteiger partial charge in [-0.05, 0) is 24.0 Å². The lowest BCUT2D eigenvalue weighted by molar-refractivity contribution is 1.05. The fourth-order valence-corrected chi connectivity index (χ4v) is 1.50. The first-order chi connectivity index (χ1) is 6.97. The lowest BCUT2D eigenvalue weighted by Gasteiger charge is -2.08. The van der Waals surface area contributed by atoms with Gasteiger partial charge in [0.1, 0.15) is 0 Å². The molecule has 2 rings (SSSR count). The zero-order valence-corrected chi connectivity index (χ0v) is 9.03. The molecular formula is C14H18. The molecule has 1 aliphatic carbocycles. The minimum absolute atomic E-state index is 1.18. The van der Waals surface area contributed by atoms with E-state index in [1.165, 1.54) is 24.0 Å². The van der Waals surface area contributed by atoms with Crippen molar-refractivity contribution in [2.24, 2.45) is 0 Å². The van der Waals surface area contributed by atoms with Gasteiger partial charge in [-0.3, -0.25) is 0 Å². The molecule has 74 valence electrons. The van der Waals surface area contributed by atoms with Gasteiger partial charge in [-0.2, -0.15) is 0 Å². The highest BCUT2D eigenvalue weighted by atomic mass is 14.1. The van der Waals surface area contributed by atoms with Crippen LogP contribution in [0.3, 0.4) is 0 Å². The highest BCUT2D eigenvalue weighted by molar-refractivity contribution is 5.67. The molecule has 0 saturated heterocycles. The Balaban J connectivity index is 0.000000461. The van der Waals surface area contributed by atoms with Crippen molar-refractivity contribution in [3.05, 3.63) is 54.1 Å². The number of rotatable bonds is 1. The zero-order chi connectivity index (χ0) is 10.2. The molecule has 0 unspecified atom stereocenters. The van der Waals surface area contributed by atoms with Crippen molar-refractivity contribution >= 4 is 5.57 Å². The second kappa shape index (κ2) is 6.20. The number of benzene rings is 1. The van der Waals surface area contributed by atoms with E-state index in [0.717, 1.165) is 0 Å². The summed E-state index contributed by atoms with van der Waals surface area (Å²) in [7, 11) is 0. The van der Waals surface area contributed by atoms with Gasteiger partial charge in [0.2, 0.25) is 0 Å². The second-order valence-electron chi connectivity index (χ2n) is 3.02. The Morgan fingerprint density at radius 1 is 1.00 bits per heavy atom. The summed E-state index contributed by atoms with van der Waals surface area (Å²) in [5.41, 5.74) is 2.82. The van der Waals surface area contributed by atoms with Crippen LogP contribution in [0.25, 0.3) is 5.57 Å². The minimum atomic E-state index is 1.18. The van der Waals surface area contributed by atoms with Crippen LogP contribution >= 0.6 is 0 Å². The van der Waals surface area contributed by atoms with Crippen LogP contribution in [0.4, 0.5) is 0 Å². The van der Waals surface area contributed by atoms with Gasteiger partial charge in [-0.15, -0.1) is 0 Å². The summed E-state index contributed by atoms with van der Waals surface area (Å²) in [5.74, 6) is 0. The van der Waals surface area contributed by atoms with Gasteiger partial charge in [0.05, 0.1) is 0 Å². The third kappa shape index (κ3) is 2.88. The molecule has 0 amide bonds. The maximum absolute atomic E-state index is 2.21. The van der Waals surface area contributed by atoms with Crippen LogP contribution in [-0.2, 0) is 0 Å². The second-order valence-corrected chi connectivity index (χ2v) is 3.02. The summed E-state index contributed by atoms with van der Waals surface area (Å²) < 4.78 is 0. The van der Waals surface area contributed by atoms with E-state index in [4.69, 9.17) is 0 Å². The topological polar surface area (TPSA) is 0 Å². The quantitative estimate of drug-likeness (QED) is 0.608. The largest absolute Gasteiger partial charge is 0.0842 e. The molecule has 0 saturated carbocycles. The van der Waals surface area contributed by atoms with E-state index in [9.17, 15) is 0 Å². The van der Waals surface area contributed by atoms with Crippen molar-refractivity contribution in [3.8, 4) is 0 Å². The van der Waals surface area contributed by atoms with E-state index in [2.05, 4.69) is 48.6 Å². The number of allylic oxidation sites excluding steroid dienone is 4. The van der Waals surface area contributed by atoms with E-state index in [1.807, 2.05) is 13.8 Å². The van der Waals surface area contributed by atoms with Crippen molar-refractivity contribution in [1.29, 1.82) is 0 Å². The predicted molar refractivity (Wildman–Crippen MR) is 64.1 cm³/mol. The molecule has 0 fully saturated rings. The lowest BCUT2D eigenvalue weighted by Crippen LogP contribution is -1.86. The molecular weight excluding hydrogens is 168 g/mol. The molecule has 1 aromatic carbocycles. The third-order valence-electron chi connectivity index (χ3n) is 2.16. The van der Waals surface area contributed by atoms with Crippen molar-refractivity contribution in [3.63, 3.8) is 0 Å². The Labute approximate surface area is 87.0 Å². The summed E-state index contributed by atoms with van der Waals surface area (Å²) >= 11 is 0. The van der Waals surface area contributed by atoms with E-state index >= 15 is 0 Å². The Bertz CT molecular complexity index is 304. The molecule has 0 N–H and O–H groups in total. The molecule has 0 radical (unpaired) electrons. The van der Waals surface area contributed by atoms with Crippen LogP contribution in [0.2, 0.25) is 0 Å². The van der Waals surface area contributed by atoms with E-state index in [-0.39, 0.29) is 0 Å². The SMILES string of the molecule is C1=CCCC(c2ccccc2)=C1.CC. The Morgan fingerprint density at radius 3 is 2.29 bits per heavy atom. The van der Waals surface area contributed by atoms with E-state index < -0.39 is 0 Å². The van der Waals surface area contributed by atoms with Gasteiger partial charge < -0.3 is 0 Å². The molecule has 0 aromatic heterocycles. The molecule has 0 heteroatoms. The number of hydrogen-bond donors (Lipinski definition) is 0. The minimum Gasteiger partial charge on any atom is -0.0842 e. The third-order valence-corrected chi connectivity index (χ3v) is 2.16. The molecule has 0 spiro atoms. The molecule has 1 aromatic rings. The Hall–Kier alpha value is -1.30. The van der Waals surface area contributed by atoms with E-state index in [0.29, 0.717) is 0 Å². The van der Waals surface area contributed by atoms with Crippen LogP contribution in [0.1, 0.15) is 32.3 Å². The van der Waals surface area contributed by atoms with Gasteiger partial charge in [-0.1, -0.05) is 62.4 Å². The molecule has 14 heavy (non-hydrogen) atoms.